The zero-order valence-corrected chi connectivity index (χ0v) is 15.9. The third-order valence-corrected chi connectivity index (χ3v) is 5.61. The lowest BCUT2D eigenvalue weighted by Crippen LogP contribution is -2.34. The second-order valence-electron chi connectivity index (χ2n) is 6.25. The SMILES string of the molecule is CN[C@H](/C=C(\C)C(=O)NS(=O)(=O)c1ccc(N)c(C)c1C)C(C)C. The molecule has 1 atom stereocenters. The summed E-state index contributed by atoms with van der Waals surface area (Å²) in [6.07, 6.45) is 1.73. The number of nitrogens with one attached hydrogen (secondary N) is 2. The van der Waals surface area contributed by atoms with E-state index in [9.17, 15) is 13.2 Å². The minimum Gasteiger partial charge on any atom is -0.399 e. The van der Waals surface area contributed by atoms with Crippen molar-refractivity contribution in [2.45, 2.75) is 45.6 Å². The molecule has 0 spiro atoms. The Morgan fingerprint density at radius 2 is 1.79 bits per heavy atom. The van der Waals surface area contributed by atoms with Gasteiger partial charge in [0.1, 0.15) is 0 Å². The van der Waals surface area contributed by atoms with Crippen LogP contribution in [0.4, 0.5) is 5.69 Å². The number of nitrogens with two attached hydrogens (primary N) is 1. The van der Waals surface area contributed by atoms with Gasteiger partial charge in [0.2, 0.25) is 0 Å². The summed E-state index contributed by atoms with van der Waals surface area (Å²) in [6.45, 7) is 9.04. The first-order chi connectivity index (χ1) is 11.0. The topological polar surface area (TPSA) is 101 Å². The van der Waals surface area contributed by atoms with Crippen LogP contribution in [-0.2, 0) is 14.8 Å². The van der Waals surface area contributed by atoms with E-state index >= 15 is 0 Å². The normalized spacial score (nSPS) is 13.9. The monoisotopic (exact) mass is 353 g/mol. The lowest BCUT2D eigenvalue weighted by molar-refractivity contribution is -0.115. The molecule has 1 rings (SSSR count). The minimum absolute atomic E-state index is 0.0149. The maximum atomic E-state index is 12.5. The molecule has 4 N–H and O–H groups in total. The third kappa shape index (κ3) is 4.58. The summed E-state index contributed by atoms with van der Waals surface area (Å²) in [5, 5.41) is 3.08. The molecule has 134 valence electrons. The summed E-state index contributed by atoms with van der Waals surface area (Å²) in [5.74, 6) is -0.360. The molecule has 0 fully saturated rings. The van der Waals surface area contributed by atoms with Gasteiger partial charge in [-0.05, 0) is 57.0 Å². The van der Waals surface area contributed by atoms with Gasteiger partial charge in [-0.25, -0.2) is 13.1 Å². The van der Waals surface area contributed by atoms with Crippen LogP contribution in [-0.4, -0.2) is 27.4 Å². The molecule has 0 aliphatic rings. The van der Waals surface area contributed by atoms with Crippen molar-refractivity contribution in [3.05, 3.63) is 34.9 Å². The van der Waals surface area contributed by atoms with Crippen LogP contribution < -0.4 is 15.8 Å². The smallest absolute Gasteiger partial charge is 0.264 e. The van der Waals surface area contributed by atoms with E-state index in [-0.39, 0.29) is 16.9 Å². The van der Waals surface area contributed by atoms with Crippen molar-refractivity contribution in [3.8, 4) is 0 Å². The molecule has 0 bridgehead atoms. The number of nitrogen functional groups attached to an aromatic ring is 1. The van der Waals surface area contributed by atoms with Crippen LogP contribution in [0.15, 0.2) is 28.7 Å². The molecule has 0 saturated carbocycles. The number of carbonyl (C=O) groups excluding carboxylic acids is 1. The Morgan fingerprint density at radius 3 is 2.29 bits per heavy atom. The molecule has 0 heterocycles. The Bertz CT molecular complexity index is 753. The fraction of sp³-hybridized carbons (Fsp3) is 0.471. The van der Waals surface area contributed by atoms with Crippen molar-refractivity contribution in [1.29, 1.82) is 0 Å². The van der Waals surface area contributed by atoms with Crippen molar-refractivity contribution in [1.82, 2.24) is 10.0 Å². The molecule has 0 radical (unpaired) electrons. The molecule has 0 saturated heterocycles. The first-order valence-corrected chi connectivity index (χ1v) is 9.28. The maximum absolute atomic E-state index is 12.5. The Hall–Kier alpha value is -1.86. The zero-order valence-electron chi connectivity index (χ0n) is 15.1. The van der Waals surface area contributed by atoms with Gasteiger partial charge >= 0.3 is 0 Å². The number of amides is 1. The highest BCUT2D eigenvalue weighted by molar-refractivity contribution is 7.90. The van der Waals surface area contributed by atoms with E-state index in [0.717, 1.165) is 0 Å². The van der Waals surface area contributed by atoms with Crippen molar-refractivity contribution < 1.29 is 13.2 Å². The summed E-state index contributed by atoms with van der Waals surface area (Å²) >= 11 is 0. The molecule has 0 aliphatic heterocycles. The highest BCUT2D eigenvalue weighted by Crippen LogP contribution is 2.23. The molecule has 1 aromatic rings. The number of anilines is 1. The number of sulfonamides is 1. The van der Waals surface area contributed by atoms with Crippen molar-refractivity contribution in [3.63, 3.8) is 0 Å². The van der Waals surface area contributed by atoms with Crippen molar-refractivity contribution in [2.75, 3.05) is 12.8 Å². The number of carbonyl (C=O) groups is 1. The van der Waals surface area contributed by atoms with Crippen LogP contribution in [0.3, 0.4) is 0 Å². The van der Waals surface area contributed by atoms with Gasteiger partial charge in [-0.1, -0.05) is 19.9 Å². The lowest BCUT2D eigenvalue weighted by Gasteiger charge is -2.17. The third-order valence-electron chi connectivity index (χ3n) is 4.14. The van der Waals surface area contributed by atoms with Crippen molar-refractivity contribution >= 4 is 21.6 Å². The Kier molecular flexibility index (Phi) is 6.57. The molecular weight excluding hydrogens is 326 g/mol. The number of likely N-dealkylation sites (N-methyl/N-ethyl adjacent to an activating group) is 1. The predicted octanol–water partition coefficient (Wildman–Crippen LogP) is 1.88. The summed E-state index contributed by atoms with van der Waals surface area (Å²) < 4.78 is 27.1. The first-order valence-electron chi connectivity index (χ1n) is 7.79. The zero-order chi connectivity index (χ0) is 18.7. The highest BCUT2D eigenvalue weighted by Gasteiger charge is 2.22. The number of rotatable bonds is 6. The van der Waals surface area contributed by atoms with Gasteiger partial charge in [-0.2, -0.15) is 0 Å². The number of hydrogen-bond donors (Lipinski definition) is 3. The molecule has 1 amide bonds. The average Bonchev–Trinajstić information content (AvgIpc) is 2.48. The Labute approximate surface area is 144 Å². The predicted molar refractivity (Wildman–Crippen MR) is 97.1 cm³/mol. The Morgan fingerprint density at radius 1 is 1.21 bits per heavy atom. The summed E-state index contributed by atoms with van der Waals surface area (Å²) in [5.41, 5.74) is 7.86. The number of hydrogen-bond acceptors (Lipinski definition) is 5. The maximum Gasteiger partial charge on any atom is 0.264 e. The fourth-order valence-electron chi connectivity index (χ4n) is 2.32. The standard InChI is InChI=1S/C17H27N3O3S/c1-10(2)15(19-6)9-11(3)17(21)20-24(22,23)16-8-7-14(18)12(4)13(16)5/h7-10,15,19H,18H2,1-6H3,(H,20,21)/b11-9+/t15-/m1/s1. The second kappa shape index (κ2) is 7.81. The average molecular weight is 353 g/mol. The van der Waals surface area contributed by atoms with Gasteiger partial charge < -0.3 is 11.1 Å². The van der Waals surface area contributed by atoms with Gasteiger partial charge in [0.05, 0.1) is 4.90 Å². The van der Waals surface area contributed by atoms with Crippen LogP contribution >= 0.6 is 0 Å². The van der Waals surface area contributed by atoms with E-state index in [2.05, 4.69) is 10.0 Å². The van der Waals surface area contributed by atoms with Gasteiger partial charge in [0.15, 0.2) is 0 Å². The summed E-state index contributed by atoms with van der Waals surface area (Å²) in [4.78, 5) is 12.3. The molecule has 7 heteroatoms. The van der Waals surface area contributed by atoms with E-state index in [0.29, 0.717) is 22.4 Å². The van der Waals surface area contributed by atoms with Crippen LogP contribution in [0.2, 0.25) is 0 Å². The van der Waals surface area contributed by atoms with E-state index in [1.165, 1.54) is 12.1 Å². The summed E-state index contributed by atoms with van der Waals surface area (Å²) in [7, 11) is -2.16. The van der Waals surface area contributed by atoms with E-state index < -0.39 is 15.9 Å². The molecule has 6 nitrogen and oxygen atoms in total. The molecule has 24 heavy (non-hydrogen) atoms. The lowest BCUT2D eigenvalue weighted by atomic mass is 10.0. The van der Waals surface area contributed by atoms with E-state index in [1.54, 1.807) is 33.9 Å². The first kappa shape index (κ1) is 20.2. The van der Waals surface area contributed by atoms with E-state index in [1.807, 2.05) is 13.8 Å². The van der Waals surface area contributed by atoms with Gasteiger partial charge in [0.25, 0.3) is 15.9 Å². The van der Waals surface area contributed by atoms with Crippen LogP contribution in [0.1, 0.15) is 31.9 Å². The van der Waals surface area contributed by atoms with Gasteiger partial charge in [-0.15, -0.1) is 0 Å². The van der Waals surface area contributed by atoms with Crippen LogP contribution in [0.25, 0.3) is 0 Å². The molecule has 0 unspecified atom stereocenters. The molecule has 0 aliphatic carbocycles. The highest BCUT2D eigenvalue weighted by atomic mass is 32.2. The van der Waals surface area contributed by atoms with Crippen LogP contribution in [0.5, 0.6) is 0 Å². The minimum atomic E-state index is -3.95. The number of benzene rings is 1. The second-order valence-corrected chi connectivity index (χ2v) is 7.90. The van der Waals surface area contributed by atoms with Gasteiger partial charge in [-0.3, -0.25) is 4.79 Å². The summed E-state index contributed by atoms with van der Waals surface area (Å²) in [6, 6.07) is 2.93. The van der Waals surface area contributed by atoms with Crippen molar-refractivity contribution in [2.24, 2.45) is 5.92 Å². The van der Waals surface area contributed by atoms with E-state index in [4.69, 9.17) is 5.73 Å². The van der Waals surface area contributed by atoms with Gasteiger partial charge in [0, 0.05) is 17.3 Å². The molecular formula is C17H27N3O3S. The largest absolute Gasteiger partial charge is 0.399 e. The Balaban J connectivity index is 3.09. The quantitative estimate of drug-likeness (QED) is 0.535. The molecule has 1 aromatic carbocycles. The molecule has 0 aromatic heterocycles. The fourth-order valence-corrected chi connectivity index (χ4v) is 3.64. The van der Waals surface area contributed by atoms with Crippen LogP contribution in [0, 0.1) is 19.8 Å².